The number of ether oxygens (including phenoxy) is 1. The number of ketones is 1. The lowest BCUT2D eigenvalue weighted by Gasteiger charge is -2.04. The van der Waals surface area contributed by atoms with Crippen LogP contribution in [-0.4, -0.2) is 17.9 Å². The first kappa shape index (κ1) is 8.81. The summed E-state index contributed by atoms with van der Waals surface area (Å²) in [4.78, 5) is 14.3. The molecule has 0 aliphatic carbocycles. The van der Waals surface area contributed by atoms with E-state index in [1.165, 1.54) is 0 Å². The summed E-state index contributed by atoms with van der Waals surface area (Å²) < 4.78 is 5.19. The minimum atomic E-state index is 0.0557. The van der Waals surface area contributed by atoms with Crippen molar-refractivity contribution in [3.8, 4) is 5.75 Å². The molecule has 0 aliphatic rings. The fourth-order valence-electron chi connectivity index (χ4n) is 1.60. The number of H-pyrrole nitrogens is 1. The molecule has 1 heterocycles. The van der Waals surface area contributed by atoms with Gasteiger partial charge in [-0.1, -0.05) is 0 Å². The Labute approximate surface area is 81.7 Å². The van der Waals surface area contributed by atoms with Crippen LogP contribution >= 0.6 is 0 Å². The molecule has 2 aromatic rings. The first-order valence-corrected chi connectivity index (χ1v) is 4.39. The zero-order chi connectivity index (χ0) is 10.1. The van der Waals surface area contributed by atoms with Gasteiger partial charge in [0, 0.05) is 17.1 Å². The minimum Gasteiger partial charge on any atom is -0.496 e. The molecular weight excluding hydrogens is 178 g/mol. The van der Waals surface area contributed by atoms with Crippen molar-refractivity contribution in [2.24, 2.45) is 0 Å². The highest BCUT2D eigenvalue weighted by atomic mass is 16.5. The number of benzene rings is 1. The Bertz CT molecular complexity index is 485. The third kappa shape index (κ3) is 1.18. The van der Waals surface area contributed by atoms with Crippen LogP contribution in [0.5, 0.6) is 5.75 Å². The fourth-order valence-corrected chi connectivity index (χ4v) is 1.60. The summed E-state index contributed by atoms with van der Waals surface area (Å²) in [5, 5.41) is 0.945. The molecule has 72 valence electrons. The van der Waals surface area contributed by atoms with Crippen molar-refractivity contribution in [2.45, 2.75) is 6.92 Å². The second-order valence-electron chi connectivity index (χ2n) is 3.14. The average Bonchev–Trinajstić information content (AvgIpc) is 2.64. The van der Waals surface area contributed by atoms with Gasteiger partial charge in [-0.25, -0.2) is 0 Å². The summed E-state index contributed by atoms with van der Waals surface area (Å²) in [5.41, 5.74) is 1.54. The van der Waals surface area contributed by atoms with E-state index >= 15 is 0 Å². The van der Waals surface area contributed by atoms with Crippen LogP contribution in [0.3, 0.4) is 0 Å². The monoisotopic (exact) mass is 189 g/mol. The predicted octanol–water partition coefficient (Wildman–Crippen LogP) is 2.38. The third-order valence-corrected chi connectivity index (χ3v) is 2.28. The van der Waals surface area contributed by atoms with E-state index < -0.39 is 0 Å². The molecule has 0 spiro atoms. The van der Waals surface area contributed by atoms with Gasteiger partial charge in [-0.15, -0.1) is 0 Å². The quantitative estimate of drug-likeness (QED) is 0.737. The van der Waals surface area contributed by atoms with Crippen molar-refractivity contribution in [1.82, 2.24) is 4.98 Å². The van der Waals surface area contributed by atoms with Crippen LogP contribution < -0.4 is 4.74 Å². The number of hydrogen-bond acceptors (Lipinski definition) is 2. The van der Waals surface area contributed by atoms with Gasteiger partial charge in [0.05, 0.1) is 12.6 Å². The summed E-state index contributed by atoms with van der Waals surface area (Å²) in [6.45, 7) is 1.56. The standard InChI is InChI=1S/C11H11NO2/c1-7(13)8-3-4-10(14-2)9-5-6-12-11(8)9/h3-6,12H,1-2H3. The molecule has 0 radical (unpaired) electrons. The van der Waals surface area contributed by atoms with Gasteiger partial charge in [-0.2, -0.15) is 0 Å². The molecule has 0 saturated carbocycles. The van der Waals surface area contributed by atoms with E-state index in [4.69, 9.17) is 4.74 Å². The molecule has 1 aromatic carbocycles. The number of methoxy groups -OCH3 is 1. The summed E-state index contributed by atoms with van der Waals surface area (Å²) in [5.74, 6) is 0.839. The van der Waals surface area contributed by atoms with Gasteiger partial charge in [-0.3, -0.25) is 4.79 Å². The number of aromatic amines is 1. The first-order valence-electron chi connectivity index (χ1n) is 4.39. The normalized spacial score (nSPS) is 10.4. The molecule has 1 N–H and O–H groups in total. The van der Waals surface area contributed by atoms with Crippen molar-refractivity contribution in [1.29, 1.82) is 0 Å². The highest BCUT2D eigenvalue weighted by Crippen LogP contribution is 2.27. The molecule has 0 aliphatic heterocycles. The Hall–Kier alpha value is -1.77. The first-order chi connectivity index (χ1) is 6.74. The zero-order valence-corrected chi connectivity index (χ0v) is 8.13. The molecule has 0 amide bonds. The van der Waals surface area contributed by atoms with Crippen molar-refractivity contribution in [2.75, 3.05) is 7.11 Å². The van der Waals surface area contributed by atoms with Gasteiger partial charge in [0.1, 0.15) is 5.75 Å². The SMILES string of the molecule is COc1ccc(C(C)=O)c2[nH]ccc12. The lowest BCUT2D eigenvalue weighted by atomic mass is 10.1. The molecule has 0 atom stereocenters. The summed E-state index contributed by atoms with van der Waals surface area (Å²) in [7, 11) is 1.62. The van der Waals surface area contributed by atoms with Gasteiger partial charge >= 0.3 is 0 Å². The zero-order valence-electron chi connectivity index (χ0n) is 8.13. The highest BCUT2D eigenvalue weighted by molar-refractivity contribution is 6.07. The Balaban J connectivity index is 2.78. The minimum absolute atomic E-state index is 0.0557. The van der Waals surface area contributed by atoms with Gasteiger partial charge in [0.25, 0.3) is 0 Å². The van der Waals surface area contributed by atoms with Crippen LogP contribution in [-0.2, 0) is 0 Å². The van der Waals surface area contributed by atoms with Crippen LogP contribution in [0.1, 0.15) is 17.3 Å². The average molecular weight is 189 g/mol. The van der Waals surface area contributed by atoms with Crippen LogP contribution in [0.2, 0.25) is 0 Å². The van der Waals surface area contributed by atoms with E-state index in [1.54, 1.807) is 26.3 Å². The van der Waals surface area contributed by atoms with E-state index in [2.05, 4.69) is 4.98 Å². The van der Waals surface area contributed by atoms with E-state index in [9.17, 15) is 4.79 Å². The molecular formula is C11H11NO2. The van der Waals surface area contributed by atoms with Gasteiger partial charge < -0.3 is 9.72 Å². The number of carbonyl (C=O) groups is 1. The summed E-state index contributed by atoms with van der Waals surface area (Å²) >= 11 is 0. The van der Waals surface area contributed by atoms with Gasteiger partial charge in [0.15, 0.2) is 5.78 Å². The number of nitrogens with one attached hydrogen (secondary N) is 1. The lowest BCUT2D eigenvalue weighted by molar-refractivity contribution is 0.101. The molecule has 0 unspecified atom stereocenters. The smallest absolute Gasteiger partial charge is 0.161 e. The van der Waals surface area contributed by atoms with Crippen molar-refractivity contribution in [3.63, 3.8) is 0 Å². The Morgan fingerprint density at radius 1 is 1.36 bits per heavy atom. The second-order valence-corrected chi connectivity index (χ2v) is 3.14. The van der Waals surface area contributed by atoms with Crippen molar-refractivity contribution < 1.29 is 9.53 Å². The van der Waals surface area contributed by atoms with Gasteiger partial charge in [-0.05, 0) is 25.1 Å². The molecule has 2 rings (SSSR count). The van der Waals surface area contributed by atoms with Crippen LogP contribution in [0.4, 0.5) is 0 Å². The van der Waals surface area contributed by atoms with Crippen molar-refractivity contribution in [3.05, 3.63) is 30.0 Å². The molecule has 3 heteroatoms. The number of Topliss-reactive ketones (excluding diaryl/α,β-unsaturated/α-hetero) is 1. The summed E-state index contributed by atoms with van der Waals surface area (Å²) in [6.07, 6.45) is 1.81. The largest absolute Gasteiger partial charge is 0.496 e. The van der Waals surface area contributed by atoms with Crippen LogP contribution in [0, 0.1) is 0 Å². The highest BCUT2D eigenvalue weighted by Gasteiger charge is 2.09. The number of aromatic nitrogens is 1. The van der Waals surface area contributed by atoms with Crippen molar-refractivity contribution >= 4 is 16.7 Å². The Morgan fingerprint density at radius 2 is 2.14 bits per heavy atom. The Morgan fingerprint density at radius 3 is 2.79 bits per heavy atom. The number of carbonyl (C=O) groups excluding carboxylic acids is 1. The van der Waals surface area contributed by atoms with E-state index in [0.29, 0.717) is 5.56 Å². The number of hydrogen-bond donors (Lipinski definition) is 1. The third-order valence-electron chi connectivity index (χ3n) is 2.28. The van der Waals surface area contributed by atoms with Gasteiger partial charge in [0.2, 0.25) is 0 Å². The molecule has 0 bridgehead atoms. The maximum absolute atomic E-state index is 11.3. The maximum atomic E-state index is 11.3. The number of fused-ring (bicyclic) bond motifs is 1. The lowest BCUT2D eigenvalue weighted by Crippen LogP contribution is -1.94. The Kier molecular flexibility index (Phi) is 2.00. The van der Waals surface area contributed by atoms with E-state index in [0.717, 1.165) is 16.7 Å². The summed E-state index contributed by atoms with van der Waals surface area (Å²) in [6, 6.07) is 5.49. The predicted molar refractivity (Wildman–Crippen MR) is 54.9 cm³/mol. The molecule has 3 nitrogen and oxygen atoms in total. The van der Waals surface area contributed by atoms with Crippen LogP contribution in [0.25, 0.3) is 10.9 Å². The molecule has 0 saturated heterocycles. The van der Waals surface area contributed by atoms with E-state index in [-0.39, 0.29) is 5.78 Å². The van der Waals surface area contributed by atoms with Crippen LogP contribution in [0.15, 0.2) is 24.4 Å². The number of rotatable bonds is 2. The maximum Gasteiger partial charge on any atom is 0.161 e. The fraction of sp³-hybridized carbons (Fsp3) is 0.182. The van der Waals surface area contributed by atoms with E-state index in [1.807, 2.05) is 12.1 Å². The molecule has 1 aromatic heterocycles. The second kappa shape index (κ2) is 3.18. The topological polar surface area (TPSA) is 42.1 Å². The molecule has 0 fully saturated rings. The molecule has 14 heavy (non-hydrogen) atoms.